The summed E-state index contributed by atoms with van der Waals surface area (Å²) >= 11 is 8.93. The molecule has 0 atom stereocenters. The maximum absolute atomic E-state index is 12.0. The molecule has 20 heavy (non-hydrogen) atoms. The molecule has 0 aliphatic rings. The highest BCUT2D eigenvalue weighted by Gasteiger charge is 2.17. The zero-order chi connectivity index (χ0) is 14.7. The number of aromatic nitrogens is 1. The summed E-state index contributed by atoms with van der Waals surface area (Å²) in [6.45, 7) is 0. The smallest absolute Gasteiger partial charge is 0.288 e. The number of carbonyl (C=O) groups is 1. The summed E-state index contributed by atoms with van der Waals surface area (Å²) in [7, 11) is 0. The highest BCUT2D eigenvalue weighted by Crippen LogP contribution is 2.26. The van der Waals surface area contributed by atoms with Crippen LogP contribution in [0.1, 0.15) is 10.4 Å². The van der Waals surface area contributed by atoms with E-state index in [0.717, 1.165) is 6.07 Å². The standard InChI is InChI=1S/C12H7BrClN3O3/c13-8-2-1-5-15-11(8)16-12(18)7-3-4-9(14)10(6-7)17(19)20/h1-6H,(H,15,16,18). The van der Waals surface area contributed by atoms with Gasteiger partial charge in [0.2, 0.25) is 0 Å². The van der Waals surface area contributed by atoms with Gasteiger partial charge >= 0.3 is 0 Å². The molecular formula is C12H7BrClN3O3. The van der Waals surface area contributed by atoms with E-state index in [-0.39, 0.29) is 16.3 Å². The molecule has 0 saturated carbocycles. The number of pyridine rings is 1. The van der Waals surface area contributed by atoms with Gasteiger partial charge in [0.05, 0.1) is 9.40 Å². The van der Waals surface area contributed by atoms with Crippen LogP contribution in [-0.2, 0) is 0 Å². The predicted octanol–water partition coefficient (Wildman–Crippen LogP) is 3.66. The van der Waals surface area contributed by atoms with Gasteiger partial charge in [-0.05, 0) is 40.2 Å². The Morgan fingerprint density at radius 1 is 1.40 bits per heavy atom. The molecule has 2 aromatic rings. The fourth-order valence-corrected chi connectivity index (χ4v) is 1.99. The van der Waals surface area contributed by atoms with Crippen LogP contribution in [0.3, 0.4) is 0 Å². The van der Waals surface area contributed by atoms with E-state index >= 15 is 0 Å². The summed E-state index contributed by atoms with van der Waals surface area (Å²) in [5, 5.41) is 13.3. The van der Waals surface area contributed by atoms with E-state index < -0.39 is 10.8 Å². The van der Waals surface area contributed by atoms with Crippen molar-refractivity contribution < 1.29 is 9.72 Å². The Kier molecular flexibility index (Phi) is 4.31. The van der Waals surface area contributed by atoms with E-state index in [1.807, 2.05) is 0 Å². The fraction of sp³-hybridized carbons (Fsp3) is 0. The largest absolute Gasteiger partial charge is 0.306 e. The minimum atomic E-state index is -0.643. The Morgan fingerprint density at radius 3 is 2.80 bits per heavy atom. The van der Waals surface area contributed by atoms with Crippen molar-refractivity contribution in [3.05, 3.63) is 61.7 Å². The molecule has 8 heteroatoms. The lowest BCUT2D eigenvalue weighted by Crippen LogP contribution is -2.13. The van der Waals surface area contributed by atoms with Gasteiger partial charge in [0, 0.05) is 17.8 Å². The molecular weight excluding hydrogens is 350 g/mol. The van der Waals surface area contributed by atoms with E-state index in [4.69, 9.17) is 11.6 Å². The SMILES string of the molecule is O=C(Nc1ncccc1Br)c1ccc(Cl)c([N+](=O)[O-])c1. The average Bonchev–Trinajstić information content (AvgIpc) is 2.41. The van der Waals surface area contributed by atoms with E-state index in [2.05, 4.69) is 26.2 Å². The van der Waals surface area contributed by atoms with E-state index in [1.165, 1.54) is 18.3 Å². The van der Waals surface area contributed by atoms with Crippen LogP contribution in [0.2, 0.25) is 5.02 Å². The quantitative estimate of drug-likeness (QED) is 0.672. The predicted molar refractivity (Wildman–Crippen MR) is 78.0 cm³/mol. The first-order valence-electron chi connectivity index (χ1n) is 5.35. The number of nitro groups is 1. The molecule has 0 bridgehead atoms. The van der Waals surface area contributed by atoms with Crippen molar-refractivity contribution in [2.24, 2.45) is 0 Å². The molecule has 1 aromatic heterocycles. The zero-order valence-corrected chi connectivity index (χ0v) is 12.2. The molecule has 0 fully saturated rings. The third-order valence-corrected chi connectivity index (χ3v) is 3.35. The van der Waals surface area contributed by atoms with Crippen LogP contribution < -0.4 is 5.32 Å². The lowest BCUT2D eigenvalue weighted by molar-refractivity contribution is -0.384. The van der Waals surface area contributed by atoms with Gasteiger partial charge in [-0.2, -0.15) is 0 Å². The lowest BCUT2D eigenvalue weighted by atomic mass is 10.2. The van der Waals surface area contributed by atoms with Crippen LogP contribution in [0.5, 0.6) is 0 Å². The van der Waals surface area contributed by atoms with Gasteiger partial charge in [-0.25, -0.2) is 4.98 Å². The zero-order valence-electron chi connectivity index (χ0n) is 9.84. The Labute approximate surface area is 127 Å². The summed E-state index contributed by atoms with van der Waals surface area (Å²) < 4.78 is 0.608. The maximum atomic E-state index is 12.0. The lowest BCUT2D eigenvalue weighted by Gasteiger charge is -2.06. The van der Waals surface area contributed by atoms with Crippen LogP contribution in [0.4, 0.5) is 11.5 Å². The van der Waals surface area contributed by atoms with Gasteiger partial charge in [0.1, 0.15) is 10.8 Å². The number of carbonyl (C=O) groups excluding carboxylic acids is 1. The summed E-state index contributed by atoms with van der Waals surface area (Å²) in [4.78, 5) is 26.1. The first-order valence-corrected chi connectivity index (χ1v) is 6.52. The molecule has 0 aliphatic heterocycles. The molecule has 1 N–H and O–H groups in total. The third-order valence-electron chi connectivity index (χ3n) is 2.40. The van der Waals surface area contributed by atoms with Crippen molar-refractivity contribution in [3.63, 3.8) is 0 Å². The molecule has 6 nitrogen and oxygen atoms in total. The van der Waals surface area contributed by atoms with E-state index in [9.17, 15) is 14.9 Å². The third kappa shape index (κ3) is 3.12. The van der Waals surface area contributed by atoms with Gasteiger partial charge in [-0.1, -0.05) is 11.6 Å². The monoisotopic (exact) mass is 355 g/mol. The van der Waals surface area contributed by atoms with Crippen LogP contribution in [0, 0.1) is 10.1 Å². The molecule has 2 rings (SSSR count). The van der Waals surface area contributed by atoms with Crippen molar-refractivity contribution in [2.75, 3.05) is 5.32 Å². The Balaban J connectivity index is 2.28. The first-order chi connectivity index (χ1) is 9.49. The number of hydrogen-bond donors (Lipinski definition) is 1. The Hall–Kier alpha value is -1.99. The first kappa shape index (κ1) is 14.4. The van der Waals surface area contributed by atoms with Crippen molar-refractivity contribution in [1.82, 2.24) is 4.98 Å². The number of anilines is 1. The number of benzene rings is 1. The molecule has 102 valence electrons. The second-order valence-corrected chi connectivity index (χ2v) is 4.97. The van der Waals surface area contributed by atoms with Gasteiger partial charge < -0.3 is 5.32 Å². The van der Waals surface area contributed by atoms with Crippen molar-refractivity contribution in [3.8, 4) is 0 Å². The van der Waals surface area contributed by atoms with Crippen LogP contribution >= 0.6 is 27.5 Å². The van der Waals surface area contributed by atoms with Crippen molar-refractivity contribution in [2.45, 2.75) is 0 Å². The van der Waals surface area contributed by atoms with E-state index in [0.29, 0.717) is 10.3 Å². The summed E-state index contributed by atoms with van der Waals surface area (Å²) in [5.74, 6) is -0.181. The highest BCUT2D eigenvalue weighted by atomic mass is 79.9. The normalized spacial score (nSPS) is 10.1. The Bertz CT molecular complexity index is 693. The van der Waals surface area contributed by atoms with Gasteiger partial charge in [0.15, 0.2) is 0 Å². The summed E-state index contributed by atoms with van der Waals surface area (Å²) in [6, 6.07) is 7.25. The summed E-state index contributed by atoms with van der Waals surface area (Å²) in [6.07, 6.45) is 1.52. The molecule has 0 saturated heterocycles. The van der Waals surface area contributed by atoms with Crippen LogP contribution in [0.15, 0.2) is 41.0 Å². The second-order valence-electron chi connectivity index (χ2n) is 3.71. The molecule has 0 radical (unpaired) electrons. The van der Waals surface area contributed by atoms with Gasteiger partial charge in [0.25, 0.3) is 11.6 Å². The summed E-state index contributed by atoms with van der Waals surface area (Å²) in [5.41, 5.74) is -0.196. The molecule has 1 heterocycles. The van der Waals surface area contributed by atoms with Crippen molar-refractivity contribution in [1.29, 1.82) is 0 Å². The van der Waals surface area contributed by atoms with Gasteiger partial charge in [-0.3, -0.25) is 14.9 Å². The molecule has 0 unspecified atom stereocenters. The topological polar surface area (TPSA) is 85.1 Å². The highest BCUT2D eigenvalue weighted by molar-refractivity contribution is 9.10. The molecule has 0 spiro atoms. The molecule has 0 aliphatic carbocycles. The Morgan fingerprint density at radius 2 is 2.15 bits per heavy atom. The van der Waals surface area contributed by atoms with E-state index in [1.54, 1.807) is 12.1 Å². The number of nitrogens with zero attached hydrogens (tertiary/aromatic N) is 2. The molecule has 1 aromatic carbocycles. The number of hydrogen-bond acceptors (Lipinski definition) is 4. The average molecular weight is 357 g/mol. The minimum absolute atomic E-state index is 0.0226. The number of rotatable bonds is 3. The van der Waals surface area contributed by atoms with Crippen molar-refractivity contribution >= 4 is 44.9 Å². The fourth-order valence-electron chi connectivity index (χ4n) is 1.45. The number of halogens is 2. The van der Waals surface area contributed by atoms with Crippen LogP contribution in [0.25, 0.3) is 0 Å². The number of nitrogens with one attached hydrogen (secondary N) is 1. The minimum Gasteiger partial charge on any atom is -0.306 e. The molecule has 1 amide bonds. The number of amides is 1. The maximum Gasteiger partial charge on any atom is 0.288 e. The number of nitro benzene ring substituents is 1. The van der Waals surface area contributed by atoms with Gasteiger partial charge in [-0.15, -0.1) is 0 Å². The second kappa shape index (κ2) is 5.98. The van der Waals surface area contributed by atoms with Crippen LogP contribution in [-0.4, -0.2) is 15.8 Å².